The molecule has 1 unspecified atom stereocenters. The number of pyridine rings is 1. The molecule has 18 heavy (non-hydrogen) atoms. The molecule has 1 atom stereocenters. The Hall–Kier alpha value is -1.66. The third-order valence-electron chi connectivity index (χ3n) is 2.84. The molecule has 96 valence electrons. The zero-order valence-electron chi connectivity index (χ0n) is 9.47. The van der Waals surface area contributed by atoms with Crippen molar-refractivity contribution in [2.24, 2.45) is 11.7 Å². The SMILES string of the molecule is NCC1CC(=O)N(c2cc(C(=O)O)cc(Cl)n2)C1. The molecule has 1 fully saturated rings. The van der Waals surface area contributed by atoms with E-state index in [-0.39, 0.29) is 28.4 Å². The van der Waals surface area contributed by atoms with E-state index < -0.39 is 5.97 Å². The predicted molar refractivity (Wildman–Crippen MR) is 65.7 cm³/mol. The first-order chi connectivity index (χ1) is 8.51. The van der Waals surface area contributed by atoms with Crippen LogP contribution < -0.4 is 10.6 Å². The number of carbonyl (C=O) groups is 2. The number of hydrogen-bond acceptors (Lipinski definition) is 4. The second-order valence-electron chi connectivity index (χ2n) is 4.15. The minimum Gasteiger partial charge on any atom is -0.478 e. The summed E-state index contributed by atoms with van der Waals surface area (Å²) in [4.78, 5) is 28.1. The molecule has 0 aromatic carbocycles. The fourth-order valence-electron chi connectivity index (χ4n) is 1.91. The van der Waals surface area contributed by atoms with Crippen LogP contribution in [0, 0.1) is 5.92 Å². The molecule has 0 aliphatic carbocycles. The first-order valence-electron chi connectivity index (χ1n) is 5.42. The van der Waals surface area contributed by atoms with Crippen molar-refractivity contribution < 1.29 is 14.7 Å². The second kappa shape index (κ2) is 4.91. The van der Waals surface area contributed by atoms with E-state index in [1.54, 1.807) is 0 Å². The van der Waals surface area contributed by atoms with Crippen LogP contribution in [0.3, 0.4) is 0 Å². The van der Waals surface area contributed by atoms with E-state index in [1.165, 1.54) is 17.0 Å². The Labute approximate surface area is 108 Å². The van der Waals surface area contributed by atoms with E-state index in [9.17, 15) is 9.59 Å². The molecule has 1 saturated heterocycles. The van der Waals surface area contributed by atoms with Gasteiger partial charge in [-0.3, -0.25) is 9.69 Å². The summed E-state index contributed by atoms with van der Waals surface area (Å²) in [6.07, 6.45) is 0.354. The molecule has 0 saturated carbocycles. The second-order valence-corrected chi connectivity index (χ2v) is 4.54. The summed E-state index contributed by atoms with van der Waals surface area (Å²) in [6.45, 7) is 0.857. The lowest BCUT2D eigenvalue weighted by Gasteiger charge is -2.16. The van der Waals surface area contributed by atoms with Crippen molar-refractivity contribution in [1.82, 2.24) is 4.98 Å². The topological polar surface area (TPSA) is 96.5 Å². The zero-order valence-corrected chi connectivity index (χ0v) is 10.2. The number of nitrogens with two attached hydrogens (primary N) is 1. The van der Waals surface area contributed by atoms with Gasteiger partial charge in [-0.05, 0) is 24.6 Å². The predicted octanol–water partition coefficient (Wildman–Crippen LogP) is 0.745. The summed E-state index contributed by atoms with van der Waals surface area (Å²) in [5, 5.41) is 8.98. The molecule has 0 bridgehead atoms. The van der Waals surface area contributed by atoms with E-state index in [0.29, 0.717) is 19.5 Å². The van der Waals surface area contributed by atoms with Crippen molar-refractivity contribution in [2.75, 3.05) is 18.0 Å². The van der Waals surface area contributed by atoms with Gasteiger partial charge in [-0.15, -0.1) is 0 Å². The zero-order chi connectivity index (χ0) is 13.3. The molecule has 7 heteroatoms. The van der Waals surface area contributed by atoms with E-state index in [0.717, 1.165) is 0 Å². The molecule has 1 amide bonds. The number of carbonyl (C=O) groups excluding carboxylic acids is 1. The standard InChI is InChI=1S/C11H12ClN3O3/c12-8-2-7(11(17)18)3-9(14-8)15-5-6(4-13)1-10(15)16/h2-3,6H,1,4-5,13H2,(H,17,18). The van der Waals surface area contributed by atoms with Crippen molar-refractivity contribution in [3.8, 4) is 0 Å². The van der Waals surface area contributed by atoms with Gasteiger partial charge in [0.05, 0.1) is 5.56 Å². The van der Waals surface area contributed by atoms with Crippen LogP contribution in [0.1, 0.15) is 16.8 Å². The van der Waals surface area contributed by atoms with Crippen LogP contribution in [0.25, 0.3) is 0 Å². The van der Waals surface area contributed by atoms with Crippen LogP contribution in [0.4, 0.5) is 5.82 Å². The lowest BCUT2D eigenvalue weighted by molar-refractivity contribution is -0.117. The highest BCUT2D eigenvalue weighted by molar-refractivity contribution is 6.29. The van der Waals surface area contributed by atoms with E-state index in [4.69, 9.17) is 22.4 Å². The van der Waals surface area contributed by atoms with Crippen molar-refractivity contribution in [3.05, 3.63) is 22.8 Å². The van der Waals surface area contributed by atoms with Crippen LogP contribution in [0.2, 0.25) is 5.15 Å². The molecule has 1 aromatic rings. The lowest BCUT2D eigenvalue weighted by atomic mass is 10.1. The summed E-state index contributed by atoms with van der Waals surface area (Å²) in [5.41, 5.74) is 5.53. The van der Waals surface area contributed by atoms with Crippen molar-refractivity contribution in [3.63, 3.8) is 0 Å². The number of carboxylic acid groups (broad SMARTS) is 1. The summed E-state index contributed by atoms with van der Waals surface area (Å²) in [5.74, 6) is -0.883. The maximum atomic E-state index is 11.8. The van der Waals surface area contributed by atoms with Gasteiger partial charge in [-0.1, -0.05) is 11.6 Å². The quantitative estimate of drug-likeness (QED) is 0.789. The molecule has 3 N–H and O–H groups in total. The van der Waals surface area contributed by atoms with Gasteiger partial charge < -0.3 is 10.8 Å². The molecular formula is C11H12ClN3O3. The number of carboxylic acids is 1. The smallest absolute Gasteiger partial charge is 0.335 e. The van der Waals surface area contributed by atoms with Gasteiger partial charge in [0.15, 0.2) is 0 Å². The van der Waals surface area contributed by atoms with Gasteiger partial charge in [-0.2, -0.15) is 0 Å². The summed E-state index contributed by atoms with van der Waals surface area (Å²) in [7, 11) is 0. The maximum absolute atomic E-state index is 11.8. The van der Waals surface area contributed by atoms with Gasteiger partial charge in [0.2, 0.25) is 5.91 Å². The Kier molecular flexibility index (Phi) is 3.49. The normalized spacial score (nSPS) is 19.3. The highest BCUT2D eigenvalue weighted by Gasteiger charge is 2.31. The number of nitrogens with zero attached hydrogens (tertiary/aromatic N) is 2. The number of amides is 1. The van der Waals surface area contributed by atoms with Crippen molar-refractivity contribution in [2.45, 2.75) is 6.42 Å². The first kappa shape index (κ1) is 12.8. The Morgan fingerprint density at radius 3 is 2.89 bits per heavy atom. The van der Waals surface area contributed by atoms with Gasteiger partial charge in [0.25, 0.3) is 0 Å². The van der Waals surface area contributed by atoms with E-state index in [1.807, 2.05) is 0 Å². The first-order valence-corrected chi connectivity index (χ1v) is 5.80. The Morgan fingerprint density at radius 1 is 1.61 bits per heavy atom. The van der Waals surface area contributed by atoms with Gasteiger partial charge >= 0.3 is 5.97 Å². The average molecular weight is 270 g/mol. The number of hydrogen-bond donors (Lipinski definition) is 2. The summed E-state index contributed by atoms with van der Waals surface area (Å²) < 4.78 is 0. The number of rotatable bonds is 3. The molecule has 2 rings (SSSR count). The number of halogens is 1. The number of aromatic carboxylic acids is 1. The maximum Gasteiger partial charge on any atom is 0.335 e. The lowest BCUT2D eigenvalue weighted by Crippen LogP contribution is -2.27. The highest BCUT2D eigenvalue weighted by atomic mass is 35.5. The average Bonchev–Trinajstić information content (AvgIpc) is 2.69. The minimum atomic E-state index is -1.11. The number of anilines is 1. The van der Waals surface area contributed by atoms with Crippen LogP contribution in [-0.4, -0.2) is 35.1 Å². The van der Waals surface area contributed by atoms with E-state index >= 15 is 0 Å². The molecule has 1 aliphatic rings. The van der Waals surface area contributed by atoms with Crippen LogP contribution in [0.5, 0.6) is 0 Å². The number of aromatic nitrogens is 1. The highest BCUT2D eigenvalue weighted by Crippen LogP contribution is 2.25. The van der Waals surface area contributed by atoms with E-state index in [2.05, 4.69) is 4.98 Å². The van der Waals surface area contributed by atoms with Gasteiger partial charge in [0, 0.05) is 13.0 Å². The van der Waals surface area contributed by atoms with Gasteiger partial charge in [-0.25, -0.2) is 9.78 Å². The molecule has 0 spiro atoms. The third kappa shape index (κ3) is 2.44. The Balaban J connectivity index is 2.34. The summed E-state index contributed by atoms with van der Waals surface area (Å²) >= 11 is 5.75. The van der Waals surface area contributed by atoms with Gasteiger partial charge in [0.1, 0.15) is 11.0 Å². The Bertz CT molecular complexity index is 506. The molecule has 1 aliphatic heterocycles. The fraction of sp³-hybridized carbons (Fsp3) is 0.364. The molecule has 0 radical (unpaired) electrons. The van der Waals surface area contributed by atoms with Crippen molar-refractivity contribution >= 4 is 29.3 Å². The molecular weight excluding hydrogens is 258 g/mol. The van der Waals surface area contributed by atoms with Crippen LogP contribution in [0.15, 0.2) is 12.1 Å². The molecule has 1 aromatic heterocycles. The monoisotopic (exact) mass is 269 g/mol. The minimum absolute atomic E-state index is 0.00833. The fourth-order valence-corrected chi connectivity index (χ4v) is 2.11. The van der Waals surface area contributed by atoms with Crippen LogP contribution >= 0.6 is 11.6 Å². The van der Waals surface area contributed by atoms with Crippen molar-refractivity contribution in [1.29, 1.82) is 0 Å². The molecule has 6 nitrogen and oxygen atoms in total. The Morgan fingerprint density at radius 2 is 2.33 bits per heavy atom. The molecule has 2 heterocycles. The largest absolute Gasteiger partial charge is 0.478 e. The van der Waals surface area contributed by atoms with Crippen LogP contribution in [-0.2, 0) is 4.79 Å². The summed E-state index contributed by atoms with van der Waals surface area (Å²) in [6, 6.07) is 2.58. The third-order valence-corrected chi connectivity index (χ3v) is 3.04.